The van der Waals surface area contributed by atoms with Crippen LogP contribution in [0.5, 0.6) is 0 Å². The molecule has 0 radical (unpaired) electrons. The Balaban J connectivity index is -0.0000000406. The Bertz CT molecular complexity index is 98.1. The van der Waals surface area contributed by atoms with Crippen molar-refractivity contribution in [2.75, 3.05) is 0 Å². The molecule has 0 N–H and O–H groups in total. The molecule has 0 aromatic heterocycles. The molecule has 0 atom stereocenters. The van der Waals surface area contributed by atoms with Gasteiger partial charge in [0.15, 0.2) is 0 Å². The molecule has 0 saturated carbocycles. The summed E-state index contributed by atoms with van der Waals surface area (Å²) in [4.78, 5) is 23.2. The van der Waals surface area contributed by atoms with Crippen LogP contribution in [-0.2, 0) is 31.5 Å². The van der Waals surface area contributed by atoms with Crippen molar-refractivity contribution in [3.05, 3.63) is 24.3 Å². The van der Waals surface area contributed by atoms with Gasteiger partial charge < -0.3 is 14.4 Å². The molecule has 0 saturated heterocycles. The van der Waals surface area contributed by atoms with Crippen LogP contribution < -0.4 is 0 Å². The Morgan fingerprint density at radius 1 is 0.750 bits per heavy atom. The van der Waals surface area contributed by atoms with Crippen LogP contribution in [0.4, 0.5) is 0 Å². The number of hydrogen-bond acceptors (Lipinski definition) is 3. The molecule has 0 aromatic rings. The van der Waals surface area contributed by atoms with Gasteiger partial charge in [-0.1, -0.05) is 24.3 Å². The van der Waals surface area contributed by atoms with Crippen LogP contribution in [0, 0.1) is 0 Å². The Morgan fingerprint density at radius 2 is 1.00 bits per heavy atom. The van der Waals surface area contributed by atoms with Gasteiger partial charge in [-0.3, -0.25) is 20.4 Å². The normalized spacial score (nSPS) is 8.33. The maximum atomic E-state index is 7.75. The molecule has 4 heteroatoms. The van der Waals surface area contributed by atoms with Crippen molar-refractivity contribution in [3.8, 4) is 0 Å². The van der Waals surface area contributed by atoms with Crippen LogP contribution >= 0.6 is 0 Å². The predicted molar refractivity (Wildman–Crippen MR) is 43.1 cm³/mol. The summed E-state index contributed by atoms with van der Waals surface area (Å²) in [5, 5.41) is 0. The molecule has 0 bridgehead atoms. The number of carbonyl (C=O) groups excluding carboxylic acids is 3. The van der Waals surface area contributed by atoms with Crippen LogP contribution in [0.25, 0.3) is 0 Å². The fraction of sp³-hybridized carbons (Fsp3) is 0.125. The molecule has 0 unspecified atom stereocenters. The smallest absolute Gasteiger partial charge is 0.545 e. The van der Waals surface area contributed by atoms with Crippen LogP contribution in [0.2, 0.25) is 0 Å². The minimum Gasteiger partial charge on any atom is -0.545 e. The molecule has 3 nitrogen and oxygen atoms in total. The molecule has 0 heterocycles. The fourth-order valence-electron chi connectivity index (χ4n) is 0.393. The standard InChI is InChI=1S/C5H6.3CHO.Mn/c1-2-4-5-3-1;3*1-2;/h1-4H,5H2;3*1H;/q;3*-1;+3. The van der Waals surface area contributed by atoms with Crippen molar-refractivity contribution in [1.29, 1.82) is 0 Å². The summed E-state index contributed by atoms with van der Waals surface area (Å²) in [5.41, 5.74) is 0. The second kappa shape index (κ2) is 50.5. The van der Waals surface area contributed by atoms with Gasteiger partial charge in [0.1, 0.15) is 0 Å². The largest absolute Gasteiger partial charge is 3.00 e. The fourth-order valence-corrected chi connectivity index (χ4v) is 0.393. The molecular weight excluding hydrogens is 199 g/mol. The quantitative estimate of drug-likeness (QED) is 0.334. The Labute approximate surface area is 83.0 Å². The topological polar surface area (TPSA) is 51.2 Å². The second-order valence-corrected chi connectivity index (χ2v) is 1.09. The van der Waals surface area contributed by atoms with Crippen molar-refractivity contribution >= 4 is 20.4 Å². The Morgan fingerprint density at radius 3 is 1.08 bits per heavy atom. The molecule has 12 heavy (non-hydrogen) atoms. The number of hydrogen-bond donors (Lipinski definition) is 0. The van der Waals surface area contributed by atoms with E-state index in [1.807, 2.05) is 0 Å². The summed E-state index contributed by atoms with van der Waals surface area (Å²) in [6, 6.07) is 0. The average Bonchev–Trinajstić information content (AvgIpc) is 2.71. The summed E-state index contributed by atoms with van der Waals surface area (Å²) in [6.07, 6.45) is 9.50. The summed E-state index contributed by atoms with van der Waals surface area (Å²) in [5.74, 6) is 0. The van der Waals surface area contributed by atoms with Crippen LogP contribution in [0.1, 0.15) is 6.42 Å². The predicted octanol–water partition coefficient (Wildman–Crippen LogP) is 0.678. The van der Waals surface area contributed by atoms with Crippen molar-refractivity contribution in [3.63, 3.8) is 0 Å². The zero-order valence-corrected chi connectivity index (χ0v) is 7.53. The number of rotatable bonds is 0. The van der Waals surface area contributed by atoms with E-state index in [0.717, 1.165) is 6.42 Å². The third-order valence-corrected chi connectivity index (χ3v) is 0.655. The molecule has 0 spiro atoms. The first kappa shape index (κ1) is 22.5. The van der Waals surface area contributed by atoms with Crippen molar-refractivity contribution < 1.29 is 31.5 Å². The molecular formula is C8H9MnO3. The minimum atomic E-state index is 0. The molecule has 0 amide bonds. The van der Waals surface area contributed by atoms with Gasteiger partial charge in [0, 0.05) is 0 Å². The van der Waals surface area contributed by atoms with E-state index in [9.17, 15) is 0 Å². The zero-order chi connectivity index (χ0) is 9.54. The van der Waals surface area contributed by atoms with E-state index in [-0.39, 0.29) is 17.1 Å². The van der Waals surface area contributed by atoms with E-state index in [1.54, 1.807) is 0 Å². The van der Waals surface area contributed by atoms with Gasteiger partial charge in [-0.05, 0) is 6.42 Å². The molecule has 66 valence electrons. The summed E-state index contributed by atoms with van der Waals surface area (Å²) in [7, 11) is 0. The van der Waals surface area contributed by atoms with E-state index in [2.05, 4.69) is 44.7 Å². The second-order valence-electron chi connectivity index (χ2n) is 1.09. The maximum absolute atomic E-state index is 7.75. The summed E-state index contributed by atoms with van der Waals surface area (Å²) >= 11 is 0. The first-order valence-electron chi connectivity index (χ1n) is 2.52. The van der Waals surface area contributed by atoms with Gasteiger partial charge in [-0.25, -0.2) is 0 Å². The molecule has 0 fully saturated rings. The zero-order valence-electron chi connectivity index (χ0n) is 6.35. The van der Waals surface area contributed by atoms with Gasteiger partial charge in [0.05, 0.1) is 0 Å². The van der Waals surface area contributed by atoms with E-state index in [1.165, 1.54) is 0 Å². The average molecular weight is 208 g/mol. The van der Waals surface area contributed by atoms with Gasteiger partial charge in [0.25, 0.3) is 0 Å². The van der Waals surface area contributed by atoms with Crippen LogP contribution in [-0.4, -0.2) is 20.4 Å². The van der Waals surface area contributed by atoms with E-state index in [4.69, 9.17) is 14.4 Å². The van der Waals surface area contributed by atoms with Crippen molar-refractivity contribution in [2.24, 2.45) is 0 Å². The summed E-state index contributed by atoms with van der Waals surface area (Å²) in [6.45, 7) is 9.75. The van der Waals surface area contributed by atoms with E-state index >= 15 is 0 Å². The van der Waals surface area contributed by atoms with Crippen molar-refractivity contribution in [2.45, 2.75) is 6.42 Å². The molecule has 1 aliphatic carbocycles. The SMILES string of the molecule is C1=CCC=C1.[CH-]=O.[CH-]=O.[CH-]=O.[Mn+3]. The third-order valence-electron chi connectivity index (χ3n) is 0.655. The van der Waals surface area contributed by atoms with Gasteiger partial charge in [-0.15, -0.1) is 0 Å². The van der Waals surface area contributed by atoms with Crippen molar-refractivity contribution in [1.82, 2.24) is 0 Å². The van der Waals surface area contributed by atoms with Gasteiger partial charge in [0.2, 0.25) is 0 Å². The monoisotopic (exact) mass is 208 g/mol. The number of allylic oxidation sites excluding steroid dienone is 4. The molecule has 1 rings (SSSR count). The summed E-state index contributed by atoms with van der Waals surface area (Å²) < 4.78 is 0. The molecule has 0 aromatic carbocycles. The Kier molecular flexibility index (Phi) is 94.6. The Hall–Kier alpha value is -0.991. The van der Waals surface area contributed by atoms with Crippen LogP contribution in [0.15, 0.2) is 24.3 Å². The molecule has 0 aliphatic heterocycles. The van der Waals surface area contributed by atoms with E-state index < -0.39 is 0 Å². The van der Waals surface area contributed by atoms with Gasteiger partial charge in [-0.2, -0.15) is 0 Å². The third kappa shape index (κ3) is 36.0. The molecule has 1 aliphatic rings. The first-order valence-corrected chi connectivity index (χ1v) is 2.52. The minimum absolute atomic E-state index is 0. The first-order chi connectivity index (χ1) is 5.50. The van der Waals surface area contributed by atoms with E-state index in [0.29, 0.717) is 0 Å². The van der Waals surface area contributed by atoms with Gasteiger partial charge >= 0.3 is 17.1 Å². The van der Waals surface area contributed by atoms with Crippen LogP contribution in [0.3, 0.4) is 0 Å². The maximum Gasteiger partial charge on any atom is 3.00 e.